The zero-order valence-corrected chi connectivity index (χ0v) is 2.89. The van der Waals surface area contributed by atoms with E-state index < -0.39 is 0 Å². The summed E-state index contributed by atoms with van der Waals surface area (Å²) in [6.45, 7) is 0. The fourth-order valence-electron chi connectivity index (χ4n) is 0. The quantitative estimate of drug-likeness (QED) is 0.296. The van der Waals surface area contributed by atoms with Gasteiger partial charge in [-0.3, -0.25) is 0 Å². The standard InChI is InChI=1S/B7H6/c1-5-7(4)6(2)3/h1-2H3/q-2. The zero-order valence-electron chi connectivity index (χ0n) is 2.89. The van der Waals surface area contributed by atoms with Gasteiger partial charge in [0.15, 0.2) is 0 Å². The second-order valence-electron chi connectivity index (χ2n) is 0.770. The molecule has 0 saturated heterocycles. The summed E-state index contributed by atoms with van der Waals surface area (Å²) in [5.74, 6) is 0. The molecular formula is H6B7-2. The summed E-state index contributed by atoms with van der Waals surface area (Å²) in [7, 11) is 14.0. The second-order valence-corrected chi connectivity index (χ2v) is 0.770. The Morgan fingerprint density at radius 3 is 1.86 bits per heavy atom. The van der Waals surface area contributed by atoms with Gasteiger partial charge < -0.3 is 0 Å². The van der Waals surface area contributed by atoms with Crippen LogP contribution in [0.3, 0.4) is 0 Å². The fraction of sp³-hybridized carbons (Fsp3) is 0. The predicted molar refractivity (Wildman–Crippen MR) is 48.6 cm³/mol. The molecular weight excluding hydrogens is 75.7 g/mol. The highest BCUT2D eigenvalue weighted by molar-refractivity contribution is 7.81. The van der Waals surface area contributed by atoms with Crippen molar-refractivity contribution in [1.82, 2.24) is 0 Å². The molecule has 0 nitrogen and oxygen atoms in total. The molecule has 5 radical (unpaired) electrons. The first-order valence-corrected chi connectivity index (χ1v) is 1.33. The van der Waals surface area contributed by atoms with E-state index in [1.54, 1.807) is 0 Å². The summed E-state index contributed by atoms with van der Waals surface area (Å²) in [6.07, 6.45) is 0.678. The van der Waals surface area contributed by atoms with Crippen molar-refractivity contribution < 1.29 is 0 Å². The van der Waals surface area contributed by atoms with Gasteiger partial charge in [-0.2, -0.15) is 7.06 Å². The van der Waals surface area contributed by atoms with Crippen LogP contribution >= 0.6 is 0 Å². The lowest BCUT2D eigenvalue weighted by Gasteiger charge is -2.14. The highest BCUT2D eigenvalue weighted by atomic mass is 12.9. The summed E-state index contributed by atoms with van der Waals surface area (Å²) in [5, 5.41) is 0. The molecule has 0 spiro atoms. The van der Waals surface area contributed by atoms with E-state index in [-0.39, 0.29) is 6.39 Å². The van der Waals surface area contributed by atoms with Gasteiger partial charge in [-0.05, 0) is 15.5 Å². The van der Waals surface area contributed by atoms with Gasteiger partial charge in [0.1, 0.15) is 0 Å². The van der Waals surface area contributed by atoms with Crippen molar-refractivity contribution >= 4 is 50.8 Å². The van der Waals surface area contributed by atoms with Crippen molar-refractivity contribution in [3.63, 3.8) is 0 Å². The van der Waals surface area contributed by atoms with Gasteiger partial charge >= 0.3 is 0 Å². The highest BCUT2D eigenvalue weighted by Gasteiger charge is 1.97. The van der Waals surface area contributed by atoms with Crippen LogP contribution in [0.15, 0.2) is 0 Å². The van der Waals surface area contributed by atoms with Gasteiger partial charge in [0.25, 0.3) is 0 Å². The molecule has 0 fully saturated rings. The molecule has 0 saturated carbocycles. The minimum Gasteiger partial charge on any atom is -0.161 e. The molecule has 0 bridgehead atoms. The van der Waals surface area contributed by atoms with Gasteiger partial charge in [0.05, 0.1) is 0 Å². The molecule has 0 unspecified atom stereocenters. The molecule has 0 aliphatic rings. The Hall–Kier alpha value is 0.455. The lowest BCUT2D eigenvalue weighted by Crippen LogP contribution is -2.43. The molecule has 0 atom stereocenters. The van der Waals surface area contributed by atoms with Gasteiger partial charge in [-0.15, -0.1) is 6.39 Å². The second kappa shape index (κ2) is 3.46. The molecule has 0 rings (SSSR count). The number of rotatable bonds is 2. The lowest BCUT2D eigenvalue weighted by atomic mass is 8.76. The molecule has 0 aromatic heterocycles. The van der Waals surface area contributed by atoms with Crippen molar-refractivity contribution in [2.75, 3.05) is 0 Å². The molecule has 0 aliphatic heterocycles. The third-order valence-corrected chi connectivity index (χ3v) is 0.222. The van der Waals surface area contributed by atoms with Crippen LogP contribution in [-0.4, -0.2) is 50.8 Å². The first-order chi connectivity index (χ1) is 3.18. The van der Waals surface area contributed by atoms with Gasteiger partial charge in [0, 0.05) is 0 Å². The molecule has 29 valence electrons. The summed E-state index contributed by atoms with van der Waals surface area (Å²) in [4.78, 5) is 0. The van der Waals surface area contributed by atoms with E-state index in [1.165, 1.54) is 0 Å². The lowest BCUT2D eigenvalue weighted by molar-refractivity contribution is 3.70. The first-order valence-electron chi connectivity index (χ1n) is 1.33. The Labute approximate surface area is 51.5 Å². The Kier molecular flexibility index (Phi) is 3.68. The van der Waals surface area contributed by atoms with E-state index in [4.69, 9.17) is 15.5 Å². The van der Waals surface area contributed by atoms with E-state index in [0.717, 1.165) is 0 Å². The number of hydrogen-bond acceptors (Lipinski definition) is 0. The average Bonchev–Trinajstić information content (AvgIpc) is 1.65. The fourth-order valence-corrected chi connectivity index (χ4v) is 0. The van der Waals surface area contributed by atoms with E-state index in [2.05, 4.69) is 7.06 Å². The summed E-state index contributed by atoms with van der Waals surface area (Å²) in [6, 6.07) is 0. The molecule has 7 heteroatoms. The first kappa shape index (κ1) is 7.45. The van der Waals surface area contributed by atoms with Crippen molar-refractivity contribution in [3.05, 3.63) is 0 Å². The molecule has 0 aromatic rings. The Morgan fingerprint density at radius 2 is 1.86 bits per heavy atom. The van der Waals surface area contributed by atoms with Crippen LogP contribution in [-0.2, 0) is 0 Å². The van der Waals surface area contributed by atoms with Crippen molar-refractivity contribution in [1.29, 1.82) is 0 Å². The highest BCUT2D eigenvalue weighted by Crippen LogP contribution is 1.68. The minimum absolute atomic E-state index is 0.278. The smallest absolute Gasteiger partial charge is 0.00568 e. The Morgan fingerprint density at radius 1 is 1.43 bits per heavy atom. The van der Waals surface area contributed by atoms with Crippen LogP contribution < -0.4 is 0 Å². The van der Waals surface area contributed by atoms with Crippen LogP contribution in [0.2, 0.25) is 0 Å². The van der Waals surface area contributed by atoms with Crippen molar-refractivity contribution in [2.24, 2.45) is 0 Å². The molecule has 7 heavy (non-hydrogen) atoms. The Bertz CT molecular complexity index is 37.3. The third-order valence-electron chi connectivity index (χ3n) is 0.222. The molecule has 0 heterocycles. The maximum atomic E-state index is 5.56. The largest absolute Gasteiger partial charge is 0.161 e. The predicted octanol–water partition coefficient (Wildman–Crippen LogP) is -4.27. The molecule has 0 aliphatic carbocycles. The van der Waals surface area contributed by atoms with E-state index in [0.29, 0.717) is 21.9 Å². The van der Waals surface area contributed by atoms with E-state index in [9.17, 15) is 0 Å². The summed E-state index contributed by atoms with van der Waals surface area (Å²) >= 11 is 0. The average molecular weight is 81.7 g/mol. The van der Waals surface area contributed by atoms with Crippen LogP contribution in [0.1, 0.15) is 0 Å². The van der Waals surface area contributed by atoms with E-state index >= 15 is 0 Å². The molecule has 0 N–H and O–H groups in total. The maximum absolute atomic E-state index is 5.56. The van der Waals surface area contributed by atoms with Crippen LogP contribution in [0.5, 0.6) is 0 Å². The van der Waals surface area contributed by atoms with Crippen LogP contribution in [0, 0.1) is 0 Å². The SMILES string of the molecule is [B]B([BH3-])B([B])[B][BH3-]. The third kappa shape index (κ3) is 3.07. The zero-order chi connectivity index (χ0) is 5.86. The molecule has 0 aromatic carbocycles. The summed E-state index contributed by atoms with van der Waals surface area (Å²) in [5.41, 5.74) is 0. The number of hydrogen-bond donors (Lipinski definition) is 0. The summed E-state index contributed by atoms with van der Waals surface area (Å²) < 4.78 is 0. The topological polar surface area (TPSA) is 0 Å². The monoisotopic (exact) mass is 83.1 g/mol. The molecule has 0 amide bonds. The maximum Gasteiger partial charge on any atom is -0.00568 e. The van der Waals surface area contributed by atoms with Crippen LogP contribution in [0.4, 0.5) is 0 Å². The minimum atomic E-state index is 0.278. The van der Waals surface area contributed by atoms with Gasteiger partial charge in [-0.25, -0.2) is 0 Å². The van der Waals surface area contributed by atoms with Crippen LogP contribution in [0.25, 0.3) is 0 Å². The van der Waals surface area contributed by atoms with Crippen molar-refractivity contribution in [3.8, 4) is 0 Å². The van der Waals surface area contributed by atoms with E-state index in [1.807, 2.05) is 0 Å². The normalized spacial score (nSPS) is 7.71. The van der Waals surface area contributed by atoms with Gasteiger partial charge in [-0.1, -0.05) is 21.9 Å². The van der Waals surface area contributed by atoms with Gasteiger partial charge in [0.2, 0.25) is 0 Å². The van der Waals surface area contributed by atoms with Crippen molar-refractivity contribution in [2.45, 2.75) is 0 Å². The Balaban J connectivity index is 3.14.